The second-order valence-corrected chi connectivity index (χ2v) is 5.93. The van der Waals surface area contributed by atoms with E-state index in [2.05, 4.69) is 22.2 Å². The van der Waals surface area contributed by atoms with E-state index in [1.807, 2.05) is 35.0 Å². The van der Waals surface area contributed by atoms with Crippen LogP contribution in [-0.2, 0) is 11.3 Å². The van der Waals surface area contributed by atoms with Crippen LogP contribution in [0.15, 0.2) is 43.0 Å². The van der Waals surface area contributed by atoms with Crippen LogP contribution >= 0.6 is 0 Å². The van der Waals surface area contributed by atoms with Crippen LogP contribution in [-0.4, -0.2) is 40.5 Å². The minimum atomic E-state index is 0.168. The van der Waals surface area contributed by atoms with Gasteiger partial charge in [-0.2, -0.15) is 0 Å². The molecule has 2 heterocycles. The smallest absolute Gasteiger partial charge is 0.223 e. The minimum absolute atomic E-state index is 0.168. The Hall–Kier alpha value is -2.14. The molecule has 0 radical (unpaired) electrons. The largest absolute Gasteiger partial charge is 0.352 e. The van der Waals surface area contributed by atoms with Gasteiger partial charge >= 0.3 is 0 Å². The van der Waals surface area contributed by atoms with Crippen molar-refractivity contribution in [2.24, 2.45) is 5.92 Å². The number of carbonyl (C=O) groups is 1. The second kappa shape index (κ2) is 6.75. The molecule has 2 aromatic rings. The Bertz CT molecular complexity index is 598. The highest BCUT2D eigenvalue weighted by atomic mass is 16.1. The van der Waals surface area contributed by atoms with Gasteiger partial charge in [-0.1, -0.05) is 12.1 Å². The first kappa shape index (κ1) is 14.8. The van der Waals surface area contributed by atoms with Gasteiger partial charge in [0.1, 0.15) is 0 Å². The SMILES string of the molecule is CN1CCC(C(=O)NCc2ccc(-n3ccnc3)cc2)CC1. The van der Waals surface area contributed by atoms with Gasteiger partial charge in [-0.05, 0) is 50.7 Å². The Labute approximate surface area is 131 Å². The molecule has 0 saturated carbocycles. The van der Waals surface area contributed by atoms with Crippen molar-refractivity contribution in [3.63, 3.8) is 0 Å². The summed E-state index contributed by atoms with van der Waals surface area (Å²) in [6, 6.07) is 8.17. The van der Waals surface area contributed by atoms with Gasteiger partial charge in [-0.3, -0.25) is 4.79 Å². The summed E-state index contributed by atoms with van der Waals surface area (Å²) in [7, 11) is 2.11. The average Bonchev–Trinajstić information content (AvgIpc) is 3.08. The van der Waals surface area contributed by atoms with Gasteiger partial charge in [0.25, 0.3) is 0 Å². The van der Waals surface area contributed by atoms with Crippen LogP contribution in [0.5, 0.6) is 0 Å². The molecule has 0 unspecified atom stereocenters. The van der Waals surface area contributed by atoms with Crippen molar-refractivity contribution >= 4 is 5.91 Å². The molecule has 1 fully saturated rings. The normalized spacial score (nSPS) is 16.6. The molecule has 1 aliphatic heterocycles. The molecule has 5 nitrogen and oxygen atoms in total. The summed E-state index contributed by atoms with van der Waals surface area (Å²) in [5.41, 5.74) is 2.19. The molecule has 0 bridgehead atoms. The summed E-state index contributed by atoms with van der Waals surface area (Å²) >= 11 is 0. The monoisotopic (exact) mass is 298 g/mol. The van der Waals surface area contributed by atoms with Gasteiger partial charge in [-0.25, -0.2) is 4.98 Å². The predicted octanol–water partition coefficient (Wildman–Crippen LogP) is 1.83. The summed E-state index contributed by atoms with van der Waals surface area (Å²) in [6.07, 6.45) is 7.37. The zero-order valence-corrected chi connectivity index (χ0v) is 12.9. The zero-order valence-electron chi connectivity index (χ0n) is 12.9. The molecule has 1 amide bonds. The highest BCUT2D eigenvalue weighted by Crippen LogP contribution is 2.16. The number of rotatable bonds is 4. The van der Waals surface area contributed by atoms with Crippen LogP contribution in [0.1, 0.15) is 18.4 Å². The molecule has 0 atom stereocenters. The predicted molar refractivity (Wildman–Crippen MR) is 85.6 cm³/mol. The minimum Gasteiger partial charge on any atom is -0.352 e. The van der Waals surface area contributed by atoms with E-state index in [4.69, 9.17) is 0 Å². The van der Waals surface area contributed by atoms with E-state index >= 15 is 0 Å². The zero-order chi connectivity index (χ0) is 15.4. The number of nitrogens with zero attached hydrogens (tertiary/aromatic N) is 3. The lowest BCUT2D eigenvalue weighted by molar-refractivity contribution is -0.126. The molecular formula is C17H22N4O. The van der Waals surface area contributed by atoms with Crippen molar-refractivity contribution in [3.05, 3.63) is 48.5 Å². The fourth-order valence-corrected chi connectivity index (χ4v) is 2.80. The van der Waals surface area contributed by atoms with Gasteiger partial charge in [0.05, 0.1) is 6.33 Å². The lowest BCUT2D eigenvalue weighted by atomic mass is 9.96. The van der Waals surface area contributed by atoms with Gasteiger partial charge in [-0.15, -0.1) is 0 Å². The van der Waals surface area contributed by atoms with Gasteiger partial charge in [0.15, 0.2) is 0 Å². The summed E-state index contributed by atoms with van der Waals surface area (Å²) < 4.78 is 1.96. The van der Waals surface area contributed by atoms with Gasteiger partial charge < -0.3 is 14.8 Å². The van der Waals surface area contributed by atoms with Crippen LogP contribution in [0.25, 0.3) is 5.69 Å². The van der Waals surface area contributed by atoms with E-state index in [-0.39, 0.29) is 11.8 Å². The average molecular weight is 298 g/mol. The van der Waals surface area contributed by atoms with Crippen molar-refractivity contribution in [2.45, 2.75) is 19.4 Å². The number of carbonyl (C=O) groups excluding carboxylic acids is 1. The lowest BCUT2D eigenvalue weighted by Crippen LogP contribution is -2.38. The fraction of sp³-hybridized carbons (Fsp3) is 0.412. The topological polar surface area (TPSA) is 50.2 Å². The fourth-order valence-electron chi connectivity index (χ4n) is 2.80. The molecule has 116 valence electrons. The second-order valence-electron chi connectivity index (χ2n) is 5.93. The third kappa shape index (κ3) is 3.54. The van der Waals surface area contributed by atoms with Crippen LogP contribution in [0.4, 0.5) is 0 Å². The maximum Gasteiger partial charge on any atom is 0.223 e. The van der Waals surface area contributed by atoms with E-state index in [1.165, 1.54) is 0 Å². The molecular weight excluding hydrogens is 276 g/mol. The summed E-state index contributed by atoms with van der Waals surface area (Å²) in [6.45, 7) is 2.62. The number of benzene rings is 1. The molecule has 1 aromatic carbocycles. The first-order chi connectivity index (χ1) is 10.7. The van der Waals surface area contributed by atoms with E-state index in [0.29, 0.717) is 6.54 Å². The Morgan fingerprint density at radius 2 is 2.00 bits per heavy atom. The summed E-state index contributed by atoms with van der Waals surface area (Å²) in [5, 5.41) is 3.06. The highest BCUT2D eigenvalue weighted by molar-refractivity contribution is 5.78. The number of amides is 1. The summed E-state index contributed by atoms with van der Waals surface area (Å²) in [4.78, 5) is 18.5. The maximum absolute atomic E-state index is 12.2. The maximum atomic E-state index is 12.2. The number of likely N-dealkylation sites (tertiary alicyclic amines) is 1. The Kier molecular flexibility index (Phi) is 4.53. The number of aromatic nitrogens is 2. The number of hydrogen-bond acceptors (Lipinski definition) is 3. The van der Waals surface area contributed by atoms with Crippen molar-refractivity contribution in [2.75, 3.05) is 20.1 Å². The van der Waals surface area contributed by atoms with Crippen molar-refractivity contribution in [1.29, 1.82) is 0 Å². The lowest BCUT2D eigenvalue weighted by Gasteiger charge is -2.28. The number of imidazole rings is 1. The molecule has 1 saturated heterocycles. The Balaban J connectivity index is 1.52. The van der Waals surface area contributed by atoms with E-state index in [0.717, 1.165) is 37.2 Å². The van der Waals surface area contributed by atoms with Crippen LogP contribution in [0, 0.1) is 5.92 Å². The molecule has 3 rings (SSSR count). The number of hydrogen-bond donors (Lipinski definition) is 1. The number of piperidine rings is 1. The Morgan fingerprint density at radius 3 is 2.64 bits per heavy atom. The first-order valence-electron chi connectivity index (χ1n) is 7.76. The highest BCUT2D eigenvalue weighted by Gasteiger charge is 2.22. The van der Waals surface area contributed by atoms with Crippen molar-refractivity contribution < 1.29 is 4.79 Å². The van der Waals surface area contributed by atoms with Crippen LogP contribution in [0.2, 0.25) is 0 Å². The number of nitrogens with one attached hydrogen (secondary N) is 1. The van der Waals surface area contributed by atoms with E-state index in [1.54, 1.807) is 12.5 Å². The third-order valence-corrected chi connectivity index (χ3v) is 4.29. The van der Waals surface area contributed by atoms with E-state index < -0.39 is 0 Å². The third-order valence-electron chi connectivity index (χ3n) is 4.29. The molecule has 0 spiro atoms. The van der Waals surface area contributed by atoms with E-state index in [9.17, 15) is 4.79 Å². The van der Waals surface area contributed by atoms with Crippen molar-refractivity contribution in [3.8, 4) is 5.69 Å². The first-order valence-corrected chi connectivity index (χ1v) is 7.76. The Morgan fingerprint density at radius 1 is 1.27 bits per heavy atom. The summed E-state index contributed by atoms with van der Waals surface area (Å²) in [5.74, 6) is 0.355. The standard InChI is InChI=1S/C17H22N4O/c1-20-9-6-15(7-10-20)17(22)19-12-14-2-4-16(5-3-14)21-11-8-18-13-21/h2-5,8,11,13,15H,6-7,9-10,12H2,1H3,(H,19,22). The van der Waals surface area contributed by atoms with Gasteiger partial charge in [0, 0.05) is 30.5 Å². The van der Waals surface area contributed by atoms with Gasteiger partial charge in [0.2, 0.25) is 5.91 Å². The van der Waals surface area contributed by atoms with Crippen LogP contribution in [0.3, 0.4) is 0 Å². The molecule has 1 N–H and O–H groups in total. The molecule has 0 aliphatic carbocycles. The quantitative estimate of drug-likeness (QED) is 0.937. The van der Waals surface area contributed by atoms with Crippen LogP contribution < -0.4 is 5.32 Å². The molecule has 1 aliphatic rings. The molecule has 5 heteroatoms. The van der Waals surface area contributed by atoms with Crippen molar-refractivity contribution in [1.82, 2.24) is 19.8 Å². The molecule has 1 aromatic heterocycles. The molecule has 22 heavy (non-hydrogen) atoms.